The maximum atomic E-state index is 13.8. The molecule has 1 N–H and O–H groups in total. The number of hydrogen-bond donors (Lipinski definition) is 1. The molecule has 0 radical (unpaired) electrons. The minimum atomic E-state index is -0.350. The van der Waals surface area contributed by atoms with Crippen LogP contribution < -0.4 is 10.1 Å². The third-order valence-corrected chi connectivity index (χ3v) is 5.09. The van der Waals surface area contributed by atoms with Crippen molar-refractivity contribution in [2.45, 2.75) is 46.5 Å². The standard InChI is InChI=1S/C24H29FN4O2/c1-4-7-9-17(5-2)23(30)26-20-12-14-21(15-13-20)29-22(27-24(28-29)31-6-3)18-10-8-11-19(25)16-18/h8,10-17H,4-7,9H2,1-3H3,(H,26,30). The van der Waals surface area contributed by atoms with Crippen LogP contribution in [0.25, 0.3) is 17.1 Å². The highest BCUT2D eigenvalue weighted by Crippen LogP contribution is 2.25. The van der Waals surface area contributed by atoms with E-state index in [0.29, 0.717) is 18.0 Å². The molecule has 0 fully saturated rings. The molecule has 0 bridgehead atoms. The summed E-state index contributed by atoms with van der Waals surface area (Å²) in [6.45, 7) is 6.44. The van der Waals surface area contributed by atoms with E-state index in [9.17, 15) is 9.18 Å². The Hall–Kier alpha value is -3.22. The Bertz CT molecular complexity index is 1000. The molecule has 0 aliphatic rings. The zero-order valence-corrected chi connectivity index (χ0v) is 18.3. The quantitative estimate of drug-likeness (QED) is 0.458. The number of anilines is 1. The van der Waals surface area contributed by atoms with Gasteiger partial charge in [0.15, 0.2) is 5.82 Å². The lowest BCUT2D eigenvalue weighted by molar-refractivity contribution is -0.120. The van der Waals surface area contributed by atoms with Crippen LogP contribution in [0.15, 0.2) is 48.5 Å². The molecule has 0 saturated carbocycles. The largest absolute Gasteiger partial charge is 0.463 e. The summed E-state index contributed by atoms with van der Waals surface area (Å²) in [7, 11) is 0. The molecule has 3 aromatic rings. The van der Waals surface area contributed by atoms with E-state index in [-0.39, 0.29) is 23.7 Å². The first-order valence-electron chi connectivity index (χ1n) is 10.8. The number of nitrogens with one attached hydrogen (secondary N) is 1. The molecule has 3 rings (SSSR count). The average molecular weight is 425 g/mol. The molecule has 0 spiro atoms. The first-order valence-corrected chi connectivity index (χ1v) is 10.8. The number of unbranched alkanes of at least 4 members (excludes halogenated alkanes) is 1. The van der Waals surface area contributed by atoms with Crippen LogP contribution in [-0.2, 0) is 4.79 Å². The zero-order chi connectivity index (χ0) is 22.2. The summed E-state index contributed by atoms with van der Waals surface area (Å²) in [5.74, 6) is 0.189. The Morgan fingerprint density at radius 2 is 1.94 bits per heavy atom. The molecular weight excluding hydrogens is 395 g/mol. The van der Waals surface area contributed by atoms with Crippen LogP contribution in [0.3, 0.4) is 0 Å². The van der Waals surface area contributed by atoms with Gasteiger partial charge in [-0.05, 0) is 56.2 Å². The fraction of sp³-hybridized carbons (Fsp3) is 0.375. The summed E-state index contributed by atoms with van der Waals surface area (Å²) in [4.78, 5) is 17.0. The van der Waals surface area contributed by atoms with Crippen LogP contribution in [0.5, 0.6) is 6.01 Å². The SMILES string of the molecule is CCCCC(CC)C(=O)Nc1ccc(-n2nc(OCC)nc2-c2cccc(F)c2)cc1. The highest BCUT2D eigenvalue weighted by Gasteiger charge is 2.17. The van der Waals surface area contributed by atoms with Gasteiger partial charge in [-0.2, -0.15) is 4.98 Å². The Kier molecular flexibility index (Phi) is 7.76. The van der Waals surface area contributed by atoms with Gasteiger partial charge in [-0.1, -0.05) is 38.8 Å². The second-order valence-electron chi connectivity index (χ2n) is 7.36. The summed E-state index contributed by atoms with van der Waals surface area (Å²) in [6.07, 6.45) is 3.84. The second-order valence-corrected chi connectivity index (χ2v) is 7.36. The highest BCUT2D eigenvalue weighted by atomic mass is 19.1. The number of carbonyl (C=O) groups excluding carboxylic acids is 1. The van der Waals surface area contributed by atoms with E-state index in [1.165, 1.54) is 12.1 Å². The first kappa shape index (κ1) is 22.5. The van der Waals surface area contributed by atoms with Gasteiger partial charge in [-0.3, -0.25) is 4.79 Å². The van der Waals surface area contributed by atoms with Crippen LogP contribution in [0.4, 0.5) is 10.1 Å². The van der Waals surface area contributed by atoms with Crippen molar-refractivity contribution < 1.29 is 13.9 Å². The highest BCUT2D eigenvalue weighted by molar-refractivity contribution is 5.92. The summed E-state index contributed by atoms with van der Waals surface area (Å²) in [6, 6.07) is 13.8. The third kappa shape index (κ3) is 5.69. The lowest BCUT2D eigenvalue weighted by Gasteiger charge is -2.15. The van der Waals surface area contributed by atoms with Crippen LogP contribution in [-0.4, -0.2) is 27.3 Å². The smallest absolute Gasteiger partial charge is 0.336 e. The molecule has 7 heteroatoms. The molecule has 31 heavy (non-hydrogen) atoms. The zero-order valence-electron chi connectivity index (χ0n) is 18.3. The van der Waals surface area contributed by atoms with Gasteiger partial charge >= 0.3 is 6.01 Å². The molecule has 0 aliphatic heterocycles. The Morgan fingerprint density at radius 1 is 1.16 bits per heavy atom. The Labute approximate surface area is 182 Å². The molecule has 1 atom stereocenters. The molecule has 0 aliphatic carbocycles. The van der Waals surface area contributed by atoms with E-state index >= 15 is 0 Å². The molecule has 164 valence electrons. The fourth-order valence-electron chi connectivity index (χ4n) is 3.38. The summed E-state index contributed by atoms with van der Waals surface area (Å²) < 4.78 is 20.8. The van der Waals surface area contributed by atoms with E-state index < -0.39 is 0 Å². The number of halogens is 1. The van der Waals surface area contributed by atoms with Crippen molar-refractivity contribution in [2.24, 2.45) is 5.92 Å². The van der Waals surface area contributed by atoms with Gasteiger partial charge in [-0.25, -0.2) is 9.07 Å². The Balaban J connectivity index is 1.84. The number of aromatic nitrogens is 3. The van der Waals surface area contributed by atoms with Crippen molar-refractivity contribution in [1.29, 1.82) is 0 Å². The van der Waals surface area contributed by atoms with Gasteiger partial charge in [0.1, 0.15) is 5.82 Å². The van der Waals surface area contributed by atoms with Crippen molar-refractivity contribution in [2.75, 3.05) is 11.9 Å². The van der Waals surface area contributed by atoms with Crippen LogP contribution >= 0.6 is 0 Å². The average Bonchev–Trinajstić information content (AvgIpc) is 3.19. The van der Waals surface area contributed by atoms with Crippen molar-refractivity contribution in [3.05, 3.63) is 54.3 Å². The topological polar surface area (TPSA) is 69.0 Å². The predicted molar refractivity (Wildman–Crippen MR) is 120 cm³/mol. The molecule has 0 saturated heterocycles. The lowest BCUT2D eigenvalue weighted by Crippen LogP contribution is -2.22. The van der Waals surface area contributed by atoms with Crippen molar-refractivity contribution in [3.8, 4) is 23.1 Å². The molecular formula is C24H29FN4O2. The van der Waals surface area contributed by atoms with Crippen LogP contribution in [0, 0.1) is 11.7 Å². The lowest BCUT2D eigenvalue weighted by atomic mass is 9.98. The van der Waals surface area contributed by atoms with Gasteiger partial charge in [-0.15, -0.1) is 5.10 Å². The van der Waals surface area contributed by atoms with E-state index in [1.807, 2.05) is 38.1 Å². The maximum absolute atomic E-state index is 13.8. The van der Waals surface area contributed by atoms with Crippen LogP contribution in [0.2, 0.25) is 0 Å². The normalized spacial score (nSPS) is 11.9. The molecule has 1 heterocycles. The van der Waals surface area contributed by atoms with E-state index in [4.69, 9.17) is 4.74 Å². The van der Waals surface area contributed by atoms with Crippen LogP contribution in [0.1, 0.15) is 46.5 Å². The summed E-state index contributed by atoms with van der Waals surface area (Å²) in [5.41, 5.74) is 2.05. The van der Waals surface area contributed by atoms with Crippen molar-refractivity contribution >= 4 is 11.6 Å². The molecule has 6 nitrogen and oxygen atoms in total. The third-order valence-electron chi connectivity index (χ3n) is 5.09. The number of hydrogen-bond acceptors (Lipinski definition) is 4. The van der Waals surface area contributed by atoms with Gasteiger partial charge in [0, 0.05) is 17.2 Å². The van der Waals surface area contributed by atoms with E-state index in [2.05, 4.69) is 22.3 Å². The van der Waals surface area contributed by atoms with Crippen molar-refractivity contribution in [3.63, 3.8) is 0 Å². The van der Waals surface area contributed by atoms with Crippen molar-refractivity contribution in [1.82, 2.24) is 14.8 Å². The number of carbonyl (C=O) groups is 1. The number of nitrogens with zero attached hydrogens (tertiary/aromatic N) is 3. The minimum absolute atomic E-state index is 0.0169. The molecule has 1 aromatic heterocycles. The molecule has 1 unspecified atom stereocenters. The monoisotopic (exact) mass is 424 g/mol. The number of benzene rings is 2. The number of amides is 1. The van der Waals surface area contributed by atoms with Gasteiger partial charge in [0.05, 0.1) is 12.3 Å². The van der Waals surface area contributed by atoms with Gasteiger partial charge in [0.25, 0.3) is 0 Å². The number of ether oxygens (including phenoxy) is 1. The molecule has 2 aromatic carbocycles. The van der Waals surface area contributed by atoms with E-state index in [1.54, 1.807) is 16.8 Å². The van der Waals surface area contributed by atoms with Gasteiger partial charge < -0.3 is 10.1 Å². The first-order chi connectivity index (χ1) is 15.0. The van der Waals surface area contributed by atoms with Gasteiger partial charge in [0.2, 0.25) is 5.91 Å². The maximum Gasteiger partial charge on any atom is 0.336 e. The van der Waals surface area contributed by atoms with E-state index in [0.717, 1.165) is 37.1 Å². The fourth-order valence-corrected chi connectivity index (χ4v) is 3.38. The predicted octanol–water partition coefficient (Wildman–Crippen LogP) is 5.63. The summed E-state index contributed by atoms with van der Waals surface area (Å²) in [5, 5.41) is 7.42. The molecule has 1 amide bonds. The number of rotatable bonds is 10. The second kappa shape index (κ2) is 10.7. The Morgan fingerprint density at radius 3 is 2.58 bits per heavy atom. The summed E-state index contributed by atoms with van der Waals surface area (Å²) >= 11 is 0. The minimum Gasteiger partial charge on any atom is -0.463 e.